The summed E-state index contributed by atoms with van der Waals surface area (Å²) >= 11 is 0. The van der Waals surface area contributed by atoms with Gasteiger partial charge in [0.25, 0.3) is 0 Å². The molecule has 1 atom stereocenters. The number of benzene rings is 2. The van der Waals surface area contributed by atoms with Crippen LogP contribution < -0.4 is 9.64 Å². The minimum atomic E-state index is 0.631. The summed E-state index contributed by atoms with van der Waals surface area (Å²) in [5.74, 6) is 1.60. The Kier molecular flexibility index (Phi) is 3.41. The van der Waals surface area contributed by atoms with E-state index in [1.54, 1.807) is 7.11 Å². The van der Waals surface area contributed by atoms with Gasteiger partial charge in [-0.2, -0.15) is 0 Å². The van der Waals surface area contributed by atoms with Crippen molar-refractivity contribution in [3.05, 3.63) is 60.2 Å². The van der Waals surface area contributed by atoms with Gasteiger partial charge >= 0.3 is 0 Å². The maximum atomic E-state index is 5.46. The lowest BCUT2D eigenvalue weighted by molar-refractivity contribution is 0.415. The van der Waals surface area contributed by atoms with Gasteiger partial charge in [0.05, 0.1) is 12.8 Å². The number of hydrogen-bond acceptors (Lipinski definition) is 2. The van der Waals surface area contributed by atoms with E-state index in [-0.39, 0.29) is 0 Å². The standard InChI is InChI=1S/C17H19NO/c1-19-17-10-6-5-9-16(17)18-12-11-15(13-18)14-7-3-2-4-8-14/h2-10,15H,11-13H2,1H3. The van der Waals surface area contributed by atoms with Crippen LogP contribution in [0.15, 0.2) is 54.6 Å². The molecule has 0 spiro atoms. The van der Waals surface area contributed by atoms with E-state index in [9.17, 15) is 0 Å². The van der Waals surface area contributed by atoms with E-state index in [0.29, 0.717) is 5.92 Å². The summed E-state index contributed by atoms with van der Waals surface area (Å²) < 4.78 is 5.46. The highest BCUT2D eigenvalue weighted by Gasteiger charge is 2.25. The molecule has 98 valence electrons. The molecule has 0 radical (unpaired) electrons. The van der Waals surface area contributed by atoms with Crippen molar-refractivity contribution in [1.29, 1.82) is 0 Å². The van der Waals surface area contributed by atoms with E-state index in [2.05, 4.69) is 47.4 Å². The summed E-state index contributed by atoms with van der Waals surface area (Å²) in [5, 5.41) is 0. The van der Waals surface area contributed by atoms with E-state index in [1.807, 2.05) is 12.1 Å². The predicted molar refractivity (Wildman–Crippen MR) is 79.0 cm³/mol. The Morgan fingerprint density at radius 2 is 1.74 bits per heavy atom. The van der Waals surface area contributed by atoms with Crippen molar-refractivity contribution in [2.24, 2.45) is 0 Å². The number of hydrogen-bond donors (Lipinski definition) is 0. The van der Waals surface area contributed by atoms with Gasteiger partial charge in [0.15, 0.2) is 0 Å². The van der Waals surface area contributed by atoms with E-state index in [0.717, 1.165) is 18.8 Å². The van der Waals surface area contributed by atoms with Crippen molar-refractivity contribution in [3.8, 4) is 5.75 Å². The minimum absolute atomic E-state index is 0.631. The first-order chi connectivity index (χ1) is 9.38. The molecular weight excluding hydrogens is 234 g/mol. The fraction of sp³-hybridized carbons (Fsp3) is 0.294. The first-order valence-electron chi connectivity index (χ1n) is 6.81. The van der Waals surface area contributed by atoms with E-state index in [1.165, 1.54) is 17.7 Å². The summed E-state index contributed by atoms with van der Waals surface area (Å²) in [5.41, 5.74) is 2.66. The highest BCUT2D eigenvalue weighted by atomic mass is 16.5. The second kappa shape index (κ2) is 5.35. The number of anilines is 1. The van der Waals surface area contributed by atoms with Gasteiger partial charge in [0, 0.05) is 19.0 Å². The molecule has 1 saturated heterocycles. The molecule has 3 rings (SSSR count). The lowest BCUT2D eigenvalue weighted by Gasteiger charge is -2.21. The number of rotatable bonds is 3. The van der Waals surface area contributed by atoms with Crippen molar-refractivity contribution in [1.82, 2.24) is 0 Å². The Labute approximate surface area is 114 Å². The Bertz CT molecular complexity index is 538. The van der Waals surface area contributed by atoms with Crippen LogP contribution in [-0.2, 0) is 0 Å². The molecule has 1 aliphatic heterocycles. The Morgan fingerprint density at radius 3 is 2.53 bits per heavy atom. The zero-order chi connectivity index (χ0) is 13.1. The van der Waals surface area contributed by atoms with Crippen molar-refractivity contribution < 1.29 is 4.74 Å². The average Bonchev–Trinajstić information content (AvgIpc) is 2.98. The van der Waals surface area contributed by atoms with Gasteiger partial charge in [-0.15, -0.1) is 0 Å². The van der Waals surface area contributed by atoms with Gasteiger partial charge in [-0.1, -0.05) is 42.5 Å². The maximum absolute atomic E-state index is 5.46. The van der Waals surface area contributed by atoms with Crippen LogP contribution in [0.3, 0.4) is 0 Å². The van der Waals surface area contributed by atoms with Gasteiger partial charge in [-0.3, -0.25) is 0 Å². The number of nitrogens with zero attached hydrogens (tertiary/aromatic N) is 1. The molecule has 0 aromatic heterocycles. The van der Waals surface area contributed by atoms with Crippen LogP contribution in [0.4, 0.5) is 5.69 Å². The molecule has 1 fully saturated rings. The van der Waals surface area contributed by atoms with Gasteiger partial charge in [-0.25, -0.2) is 0 Å². The fourth-order valence-electron chi connectivity index (χ4n) is 2.87. The number of methoxy groups -OCH3 is 1. The monoisotopic (exact) mass is 253 g/mol. The molecular formula is C17H19NO. The van der Waals surface area contributed by atoms with Crippen LogP contribution in [0.2, 0.25) is 0 Å². The molecule has 19 heavy (non-hydrogen) atoms. The van der Waals surface area contributed by atoms with Crippen molar-refractivity contribution in [2.45, 2.75) is 12.3 Å². The van der Waals surface area contributed by atoms with Gasteiger partial charge in [0.2, 0.25) is 0 Å². The second-order valence-corrected chi connectivity index (χ2v) is 5.01. The molecule has 1 heterocycles. The first-order valence-corrected chi connectivity index (χ1v) is 6.81. The predicted octanol–water partition coefficient (Wildman–Crippen LogP) is 3.69. The lowest BCUT2D eigenvalue weighted by atomic mass is 9.99. The third-order valence-electron chi connectivity index (χ3n) is 3.89. The highest BCUT2D eigenvalue weighted by molar-refractivity contribution is 5.59. The summed E-state index contributed by atoms with van der Waals surface area (Å²) in [7, 11) is 1.74. The molecule has 1 unspecified atom stereocenters. The minimum Gasteiger partial charge on any atom is -0.495 e. The van der Waals surface area contributed by atoms with Crippen LogP contribution >= 0.6 is 0 Å². The maximum Gasteiger partial charge on any atom is 0.142 e. The van der Waals surface area contributed by atoms with Crippen molar-refractivity contribution >= 4 is 5.69 Å². The van der Waals surface area contributed by atoms with Crippen molar-refractivity contribution in [3.63, 3.8) is 0 Å². The zero-order valence-corrected chi connectivity index (χ0v) is 11.3. The summed E-state index contributed by atoms with van der Waals surface area (Å²) in [6.45, 7) is 2.17. The van der Waals surface area contributed by atoms with E-state index >= 15 is 0 Å². The first kappa shape index (κ1) is 12.1. The Hall–Kier alpha value is -1.96. The normalized spacial score (nSPS) is 18.6. The third-order valence-corrected chi connectivity index (χ3v) is 3.89. The molecule has 2 nitrogen and oxygen atoms in total. The molecule has 0 N–H and O–H groups in total. The molecule has 0 amide bonds. The Balaban J connectivity index is 1.79. The van der Waals surface area contributed by atoms with Gasteiger partial charge in [0.1, 0.15) is 5.75 Å². The highest BCUT2D eigenvalue weighted by Crippen LogP contribution is 2.35. The molecule has 0 saturated carbocycles. The Morgan fingerprint density at radius 1 is 1.00 bits per heavy atom. The van der Waals surface area contributed by atoms with E-state index in [4.69, 9.17) is 4.74 Å². The van der Waals surface area contributed by atoms with Crippen LogP contribution in [-0.4, -0.2) is 20.2 Å². The van der Waals surface area contributed by atoms with Crippen LogP contribution in [0, 0.1) is 0 Å². The number of ether oxygens (including phenoxy) is 1. The SMILES string of the molecule is COc1ccccc1N1CCC(c2ccccc2)C1. The number of para-hydroxylation sites is 2. The summed E-state index contributed by atoms with van der Waals surface area (Å²) in [4.78, 5) is 2.43. The zero-order valence-electron chi connectivity index (χ0n) is 11.3. The van der Waals surface area contributed by atoms with Crippen molar-refractivity contribution in [2.75, 3.05) is 25.1 Å². The molecule has 0 aliphatic carbocycles. The van der Waals surface area contributed by atoms with Crippen LogP contribution in [0.25, 0.3) is 0 Å². The molecule has 2 heteroatoms. The largest absolute Gasteiger partial charge is 0.495 e. The lowest BCUT2D eigenvalue weighted by Crippen LogP contribution is -2.19. The molecule has 1 aliphatic rings. The summed E-state index contributed by atoms with van der Waals surface area (Å²) in [6, 6.07) is 19.1. The van der Waals surface area contributed by atoms with Gasteiger partial charge in [-0.05, 0) is 24.1 Å². The van der Waals surface area contributed by atoms with Gasteiger partial charge < -0.3 is 9.64 Å². The average molecular weight is 253 g/mol. The quantitative estimate of drug-likeness (QED) is 0.827. The van der Waals surface area contributed by atoms with Crippen LogP contribution in [0.1, 0.15) is 17.9 Å². The molecule has 0 bridgehead atoms. The molecule has 2 aromatic carbocycles. The van der Waals surface area contributed by atoms with Crippen LogP contribution in [0.5, 0.6) is 5.75 Å². The second-order valence-electron chi connectivity index (χ2n) is 5.01. The fourth-order valence-corrected chi connectivity index (χ4v) is 2.87. The third kappa shape index (κ3) is 2.43. The van der Waals surface area contributed by atoms with E-state index < -0.39 is 0 Å². The smallest absolute Gasteiger partial charge is 0.142 e. The molecule has 2 aromatic rings. The summed E-state index contributed by atoms with van der Waals surface area (Å²) in [6.07, 6.45) is 1.21. The topological polar surface area (TPSA) is 12.5 Å².